The van der Waals surface area contributed by atoms with Gasteiger partial charge in [0.05, 0.1) is 12.1 Å². The van der Waals surface area contributed by atoms with Gasteiger partial charge >= 0.3 is 0 Å². The van der Waals surface area contributed by atoms with E-state index in [-0.39, 0.29) is 5.91 Å². The normalized spacial score (nSPS) is 10.3. The lowest BCUT2D eigenvalue weighted by Crippen LogP contribution is -2.23. The minimum atomic E-state index is -0.0544. The molecule has 1 aromatic carbocycles. The van der Waals surface area contributed by atoms with Crippen LogP contribution in [-0.4, -0.2) is 12.5 Å². The number of nitrogens with one attached hydrogen (secondary N) is 2. The number of amides is 1. The summed E-state index contributed by atoms with van der Waals surface area (Å²) in [5.74, 6) is -0.0544. The van der Waals surface area contributed by atoms with E-state index >= 15 is 0 Å². The van der Waals surface area contributed by atoms with E-state index < -0.39 is 0 Å². The summed E-state index contributed by atoms with van der Waals surface area (Å²) in [5, 5.41) is 8.20. The van der Waals surface area contributed by atoms with Crippen molar-refractivity contribution in [2.45, 2.75) is 20.4 Å². The van der Waals surface area contributed by atoms with Gasteiger partial charge in [-0.3, -0.25) is 4.79 Å². The molecule has 3 nitrogen and oxygen atoms in total. The minimum Gasteiger partial charge on any atom is -0.385 e. The van der Waals surface area contributed by atoms with Crippen LogP contribution in [0.3, 0.4) is 0 Å². The highest BCUT2D eigenvalue weighted by atomic mass is 79.9. The second-order valence-electron chi connectivity index (χ2n) is 4.45. The number of hydrogen-bond donors (Lipinski definition) is 2. The van der Waals surface area contributed by atoms with Crippen molar-refractivity contribution in [3.8, 4) is 0 Å². The number of aryl methyl sites for hydroxylation is 1. The molecule has 1 aromatic heterocycles. The van der Waals surface area contributed by atoms with Crippen LogP contribution in [-0.2, 0) is 6.54 Å². The molecule has 0 unspecified atom stereocenters. The zero-order valence-corrected chi connectivity index (χ0v) is 13.9. The Morgan fingerprint density at radius 2 is 2.15 bits per heavy atom. The maximum absolute atomic E-state index is 12.3. The van der Waals surface area contributed by atoms with Gasteiger partial charge in [-0.25, -0.2) is 0 Å². The molecule has 0 aliphatic rings. The van der Waals surface area contributed by atoms with Crippen LogP contribution < -0.4 is 10.6 Å². The average Bonchev–Trinajstić information content (AvgIpc) is 2.82. The van der Waals surface area contributed by atoms with Gasteiger partial charge in [0.1, 0.15) is 0 Å². The molecule has 2 aromatic rings. The van der Waals surface area contributed by atoms with E-state index in [1.54, 1.807) is 11.3 Å². The predicted molar refractivity (Wildman–Crippen MR) is 88.5 cm³/mol. The number of carbonyl (C=O) groups excluding carboxylic acids is 1. The zero-order chi connectivity index (χ0) is 14.5. The van der Waals surface area contributed by atoms with Crippen LogP contribution in [0.25, 0.3) is 0 Å². The summed E-state index contributed by atoms with van der Waals surface area (Å²) < 4.78 is 1.04. The van der Waals surface area contributed by atoms with E-state index in [9.17, 15) is 4.79 Å². The topological polar surface area (TPSA) is 41.1 Å². The van der Waals surface area contributed by atoms with Gasteiger partial charge in [-0.2, -0.15) is 0 Å². The number of thiophene rings is 1. The first-order valence-electron chi connectivity index (χ1n) is 6.46. The monoisotopic (exact) mass is 352 g/mol. The standard InChI is InChI=1S/C15H17BrN2OS/c1-3-17-13-8-10(2)4-5-11(13)15(19)18-9-14-12(16)6-7-20-14/h4-8,17H,3,9H2,1-2H3,(H,18,19). The van der Waals surface area contributed by atoms with Crippen LogP contribution in [0.1, 0.15) is 27.7 Å². The molecule has 1 heterocycles. The Morgan fingerprint density at radius 1 is 1.35 bits per heavy atom. The molecule has 2 N–H and O–H groups in total. The quantitative estimate of drug-likeness (QED) is 0.847. The molecule has 1 amide bonds. The first-order valence-corrected chi connectivity index (χ1v) is 8.13. The van der Waals surface area contributed by atoms with Crippen molar-refractivity contribution in [3.05, 3.63) is 50.1 Å². The van der Waals surface area contributed by atoms with Crippen LogP contribution in [0.2, 0.25) is 0 Å². The molecule has 2 rings (SSSR count). The number of benzene rings is 1. The maximum Gasteiger partial charge on any atom is 0.253 e. The summed E-state index contributed by atoms with van der Waals surface area (Å²) >= 11 is 5.09. The van der Waals surface area contributed by atoms with Gasteiger partial charge in [0.25, 0.3) is 5.91 Å². The molecule has 0 saturated heterocycles. The van der Waals surface area contributed by atoms with Crippen LogP contribution >= 0.6 is 27.3 Å². The van der Waals surface area contributed by atoms with Gasteiger partial charge in [0.2, 0.25) is 0 Å². The van der Waals surface area contributed by atoms with Gasteiger partial charge in [-0.1, -0.05) is 6.07 Å². The minimum absolute atomic E-state index is 0.0544. The van der Waals surface area contributed by atoms with Gasteiger partial charge in [0.15, 0.2) is 0 Å². The molecule has 0 radical (unpaired) electrons. The van der Waals surface area contributed by atoms with Crippen LogP contribution in [0.15, 0.2) is 34.1 Å². The summed E-state index contributed by atoms with van der Waals surface area (Å²) in [6.07, 6.45) is 0. The van der Waals surface area contributed by atoms with Crippen molar-refractivity contribution in [2.75, 3.05) is 11.9 Å². The van der Waals surface area contributed by atoms with E-state index in [0.29, 0.717) is 12.1 Å². The van der Waals surface area contributed by atoms with E-state index in [1.807, 2.05) is 43.5 Å². The summed E-state index contributed by atoms with van der Waals surface area (Å²) in [6, 6.07) is 7.81. The Morgan fingerprint density at radius 3 is 2.80 bits per heavy atom. The molecule has 5 heteroatoms. The first-order chi connectivity index (χ1) is 9.61. The zero-order valence-electron chi connectivity index (χ0n) is 11.5. The van der Waals surface area contributed by atoms with Crippen molar-refractivity contribution in [2.24, 2.45) is 0 Å². The van der Waals surface area contributed by atoms with Gasteiger partial charge < -0.3 is 10.6 Å². The number of halogens is 1. The highest BCUT2D eigenvalue weighted by molar-refractivity contribution is 9.10. The Bertz CT molecular complexity index is 610. The lowest BCUT2D eigenvalue weighted by atomic mass is 10.1. The Kier molecular flexibility index (Phi) is 5.20. The lowest BCUT2D eigenvalue weighted by Gasteiger charge is -2.12. The maximum atomic E-state index is 12.3. The predicted octanol–water partition coefficient (Wildman–Crippen LogP) is 4.18. The second kappa shape index (κ2) is 6.90. The Labute approximate surface area is 131 Å². The van der Waals surface area contributed by atoms with E-state index in [1.165, 1.54) is 0 Å². The fraction of sp³-hybridized carbons (Fsp3) is 0.267. The van der Waals surface area contributed by atoms with Crippen molar-refractivity contribution in [1.29, 1.82) is 0 Å². The molecule has 0 atom stereocenters. The second-order valence-corrected chi connectivity index (χ2v) is 6.31. The molecule has 0 aliphatic carbocycles. The fourth-order valence-corrected chi connectivity index (χ4v) is 3.33. The summed E-state index contributed by atoms with van der Waals surface area (Å²) in [6.45, 7) is 5.37. The average molecular weight is 353 g/mol. The van der Waals surface area contributed by atoms with Crippen LogP contribution in [0, 0.1) is 6.92 Å². The number of anilines is 1. The van der Waals surface area contributed by atoms with Crippen molar-refractivity contribution >= 4 is 38.9 Å². The van der Waals surface area contributed by atoms with Gasteiger partial charge in [-0.05, 0) is 58.9 Å². The third kappa shape index (κ3) is 3.61. The van der Waals surface area contributed by atoms with Crippen molar-refractivity contribution in [3.63, 3.8) is 0 Å². The highest BCUT2D eigenvalue weighted by Gasteiger charge is 2.12. The molecule has 0 spiro atoms. The van der Waals surface area contributed by atoms with E-state index in [2.05, 4.69) is 26.6 Å². The molecule has 0 saturated carbocycles. The summed E-state index contributed by atoms with van der Waals surface area (Å²) in [4.78, 5) is 13.4. The number of rotatable bonds is 5. The third-order valence-corrected chi connectivity index (χ3v) is 4.81. The lowest BCUT2D eigenvalue weighted by molar-refractivity contribution is 0.0952. The molecule has 0 bridgehead atoms. The largest absolute Gasteiger partial charge is 0.385 e. The number of carbonyl (C=O) groups is 1. The molecule has 0 fully saturated rings. The Hall–Kier alpha value is -1.33. The van der Waals surface area contributed by atoms with Crippen molar-refractivity contribution in [1.82, 2.24) is 5.32 Å². The van der Waals surface area contributed by atoms with E-state index in [0.717, 1.165) is 27.1 Å². The van der Waals surface area contributed by atoms with Gasteiger partial charge in [-0.15, -0.1) is 11.3 Å². The molecular formula is C15H17BrN2OS. The first kappa shape index (κ1) is 15.1. The molecule has 0 aliphatic heterocycles. The Balaban J connectivity index is 2.11. The summed E-state index contributed by atoms with van der Waals surface area (Å²) in [7, 11) is 0. The van der Waals surface area contributed by atoms with Crippen LogP contribution in [0.5, 0.6) is 0 Å². The highest BCUT2D eigenvalue weighted by Crippen LogP contribution is 2.23. The number of hydrogen-bond acceptors (Lipinski definition) is 3. The van der Waals surface area contributed by atoms with Crippen molar-refractivity contribution < 1.29 is 4.79 Å². The molecular weight excluding hydrogens is 336 g/mol. The fourth-order valence-electron chi connectivity index (χ4n) is 1.90. The SMILES string of the molecule is CCNc1cc(C)ccc1C(=O)NCc1sccc1Br. The molecule has 20 heavy (non-hydrogen) atoms. The molecule has 106 valence electrons. The third-order valence-electron chi connectivity index (χ3n) is 2.89. The summed E-state index contributed by atoms with van der Waals surface area (Å²) in [5.41, 5.74) is 2.71. The van der Waals surface area contributed by atoms with Gasteiger partial charge in [0, 0.05) is 21.6 Å². The van der Waals surface area contributed by atoms with E-state index in [4.69, 9.17) is 0 Å². The van der Waals surface area contributed by atoms with Crippen LogP contribution in [0.4, 0.5) is 5.69 Å². The smallest absolute Gasteiger partial charge is 0.253 e.